The Labute approximate surface area is 105 Å². The van der Waals surface area contributed by atoms with Crippen LogP contribution in [0.3, 0.4) is 0 Å². The first-order valence-electron chi connectivity index (χ1n) is 5.50. The van der Waals surface area contributed by atoms with E-state index in [1.807, 2.05) is 5.38 Å². The molecule has 0 aliphatic carbocycles. The second-order valence-corrected chi connectivity index (χ2v) is 4.66. The minimum atomic E-state index is 0.703. The standard InChI is InChI=1S/C12H16N2O2S/c1-9-3-6-17-11(9)12-14-10(8-16-12)7-13-4-5-15-2/h3,6,8,13H,4-5,7H2,1-2H3. The molecule has 2 rings (SSSR count). The minimum Gasteiger partial charge on any atom is -0.444 e. The molecule has 0 saturated heterocycles. The van der Waals surface area contributed by atoms with Gasteiger partial charge in [0.1, 0.15) is 6.26 Å². The molecule has 0 radical (unpaired) electrons. The van der Waals surface area contributed by atoms with Crippen LogP contribution in [0.15, 0.2) is 22.1 Å². The van der Waals surface area contributed by atoms with Crippen molar-refractivity contribution in [3.8, 4) is 10.8 Å². The van der Waals surface area contributed by atoms with Crippen molar-refractivity contribution in [2.45, 2.75) is 13.5 Å². The predicted octanol–water partition coefficient (Wildman–Crippen LogP) is 2.45. The maximum atomic E-state index is 5.47. The molecule has 2 aromatic heterocycles. The number of thiophene rings is 1. The number of nitrogens with zero attached hydrogens (tertiary/aromatic N) is 1. The Balaban J connectivity index is 1.95. The smallest absolute Gasteiger partial charge is 0.236 e. The van der Waals surface area contributed by atoms with Gasteiger partial charge < -0.3 is 14.5 Å². The number of aromatic nitrogens is 1. The van der Waals surface area contributed by atoms with Gasteiger partial charge in [-0.1, -0.05) is 0 Å². The van der Waals surface area contributed by atoms with Gasteiger partial charge in [-0.2, -0.15) is 0 Å². The molecule has 0 aliphatic heterocycles. The highest BCUT2D eigenvalue weighted by Crippen LogP contribution is 2.27. The van der Waals surface area contributed by atoms with Gasteiger partial charge in [0.05, 0.1) is 17.2 Å². The van der Waals surface area contributed by atoms with Crippen molar-refractivity contribution in [1.29, 1.82) is 0 Å². The van der Waals surface area contributed by atoms with Crippen molar-refractivity contribution >= 4 is 11.3 Å². The fraction of sp³-hybridized carbons (Fsp3) is 0.417. The molecule has 1 N–H and O–H groups in total. The van der Waals surface area contributed by atoms with Gasteiger partial charge in [-0.3, -0.25) is 0 Å². The van der Waals surface area contributed by atoms with Gasteiger partial charge in [-0.25, -0.2) is 4.98 Å². The van der Waals surface area contributed by atoms with Crippen molar-refractivity contribution in [3.63, 3.8) is 0 Å². The summed E-state index contributed by atoms with van der Waals surface area (Å²) in [4.78, 5) is 5.56. The van der Waals surface area contributed by atoms with E-state index in [2.05, 4.69) is 23.3 Å². The summed E-state index contributed by atoms with van der Waals surface area (Å²) >= 11 is 1.65. The maximum absolute atomic E-state index is 5.47. The first kappa shape index (κ1) is 12.3. The third-order valence-corrected chi connectivity index (χ3v) is 3.40. The number of nitrogens with one attached hydrogen (secondary N) is 1. The number of ether oxygens (including phenoxy) is 1. The van der Waals surface area contributed by atoms with E-state index in [1.54, 1.807) is 24.7 Å². The topological polar surface area (TPSA) is 47.3 Å². The van der Waals surface area contributed by atoms with Crippen LogP contribution in [-0.2, 0) is 11.3 Å². The molecule has 0 fully saturated rings. The lowest BCUT2D eigenvalue weighted by atomic mass is 10.3. The largest absolute Gasteiger partial charge is 0.444 e. The zero-order chi connectivity index (χ0) is 12.1. The van der Waals surface area contributed by atoms with E-state index in [4.69, 9.17) is 9.15 Å². The van der Waals surface area contributed by atoms with Crippen LogP contribution >= 0.6 is 11.3 Å². The summed E-state index contributed by atoms with van der Waals surface area (Å²) in [6, 6.07) is 2.07. The van der Waals surface area contributed by atoms with Gasteiger partial charge in [0.2, 0.25) is 5.89 Å². The van der Waals surface area contributed by atoms with E-state index in [0.29, 0.717) is 19.0 Å². The number of oxazole rings is 1. The molecule has 0 aromatic carbocycles. The normalized spacial score (nSPS) is 10.9. The number of methoxy groups -OCH3 is 1. The summed E-state index contributed by atoms with van der Waals surface area (Å²) in [6.45, 7) is 4.29. The molecule has 0 unspecified atom stereocenters. The highest BCUT2D eigenvalue weighted by atomic mass is 32.1. The zero-order valence-corrected chi connectivity index (χ0v) is 10.8. The van der Waals surface area contributed by atoms with Crippen molar-refractivity contribution in [2.24, 2.45) is 0 Å². The van der Waals surface area contributed by atoms with Gasteiger partial charge in [0, 0.05) is 20.2 Å². The fourth-order valence-electron chi connectivity index (χ4n) is 1.47. The summed E-state index contributed by atoms with van der Waals surface area (Å²) in [5, 5.41) is 5.28. The average molecular weight is 252 g/mol. The molecule has 0 amide bonds. The minimum absolute atomic E-state index is 0.703. The van der Waals surface area contributed by atoms with Crippen LogP contribution in [0.2, 0.25) is 0 Å². The molecule has 0 aliphatic rings. The van der Waals surface area contributed by atoms with E-state index >= 15 is 0 Å². The molecule has 0 saturated carbocycles. The molecule has 0 bridgehead atoms. The molecular formula is C12H16N2O2S. The van der Waals surface area contributed by atoms with Crippen LogP contribution in [-0.4, -0.2) is 25.2 Å². The highest BCUT2D eigenvalue weighted by molar-refractivity contribution is 7.13. The third kappa shape index (κ3) is 3.15. The molecule has 0 spiro atoms. The highest BCUT2D eigenvalue weighted by Gasteiger charge is 2.10. The van der Waals surface area contributed by atoms with Crippen LogP contribution in [0.25, 0.3) is 10.8 Å². The fourth-order valence-corrected chi connectivity index (χ4v) is 2.33. The Kier molecular flexibility index (Phi) is 4.30. The Morgan fingerprint density at radius 3 is 3.12 bits per heavy atom. The van der Waals surface area contributed by atoms with E-state index < -0.39 is 0 Å². The van der Waals surface area contributed by atoms with Gasteiger partial charge in [-0.15, -0.1) is 11.3 Å². The van der Waals surface area contributed by atoms with E-state index in [0.717, 1.165) is 17.1 Å². The van der Waals surface area contributed by atoms with Crippen LogP contribution < -0.4 is 5.32 Å². The van der Waals surface area contributed by atoms with Crippen LogP contribution in [0.5, 0.6) is 0 Å². The monoisotopic (exact) mass is 252 g/mol. The predicted molar refractivity (Wildman–Crippen MR) is 68.1 cm³/mol. The third-order valence-electron chi connectivity index (χ3n) is 2.40. The van der Waals surface area contributed by atoms with Gasteiger partial charge in [-0.05, 0) is 23.9 Å². The summed E-state index contributed by atoms with van der Waals surface area (Å²) in [5.41, 5.74) is 2.12. The summed E-state index contributed by atoms with van der Waals surface area (Å²) in [6.07, 6.45) is 1.70. The Hall–Kier alpha value is -1.17. The molecule has 92 valence electrons. The number of hydrogen-bond donors (Lipinski definition) is 1. The van der Waals surface area contributed by atoms with E-state index in [-0.39, 0.29) is 0 Å². The molecule has 2 heterocycles. The number of aryl methyl sites for hydroxylation is 1. The first-order chi connectivity index (χ1) is 8.31. The van der Waals surface area contributed by atoms with E-state index in [9.17, 15) is 0 Å². The number of hydrogen-bond acceptors (Lipinski definition) is 5. The SMILES string of the molecule is COCCNCc1coc(-c2sccc2C)n1. The Bertz CT molecular complexity index is 465. The summed E-state index contributed by atoms with van der Waals surface area (Å²) < 4.78 is 10.4. The Morgan fingerprint density at radius 1 is 1.53 bits per heavy atom. The molecule has 2 aromatic rings. The van der Waals surface area contributed by atoms with Crippen LogP contribution in [0, 0.1) is 6.92 Å². The molecule has 4 nitrogen and oxygen atoms in total. The summed E-state index contributed by atoms with van der Waals surface area (Å²) in [7, 11) is 1.69. The Morgan fingerprint density at radius 2 is 2.41 bits per heavy atom. The first-order valence-corrected chi connectivity index (χ1v) is 6.37. The molecule has 5 heteroatoms. The van der Waals surface area contributed by atoms with Crippen molar-refractivity contribution in [1.82, 2.24) is 10.3 Å². The van der Waals surface area contributed by atoms with Crippen molar-refractivity contribution < 1.29 is 9.15 Å². The second-order valence-electron chi connectivity index (χ2n) is 3.75. The average Bonchev–Trinajstić information content (AvgIpc) is 2.93. The van der Waals surface area contributed by atoms with Gasteiger partial charge in [0.25, 0.3) is 0 Å². The quantitative estimate of drug-likeness (QED) is 0.802. The van der Waals surface area contributed by atoms with Gasteiger partial charge in [0.15, 0.2) is 0 Å². The maximum Gasteiger partial charge on any atom is 0.236 e. The van der Waals surface area contributed by atoms with Crippen LogP contribution in [0.1, 0.15) is 11.3 Å². The molecule has 0 atom stereocenters. The van der Waals surface area contributed by atoms with Crippen molar-refractivity contribution in [2.75, 3.05) is 20.3 Å². The van der Waals surface area contributed by atoms with E-state index in [1.165, 1.54) is 5.56 Å². The molecular weight excluding hydrogens is 236 g/mol. The number of rotatable bonds is 6. The lowest BCUT2D eigenvalue weighted by Gasteiger charge is -1.99. The van der Waals surface area contributed by atoms with Gasteiger partial charge >= 0.3 is 0 Å². The van der Waals surface area contributed by atoms with Crippen LogP contribution in [0.4, 0.5) is 0 Å². The lowest BCUT2D eigenvalue weighted by Crippen LogP contribution is -2.18. The van der Waals surface area contributed by atoms with Crippen molar-refractivity contribution in [3.05, 3.63) is 29.0 Å². The zero-order valence-electron chi connectivity index (χ0n) is 10.0. The lowest BCUT2D eigenvalue weighted by molar-refractivity contribution is 0.199. The summed E-state index contributed by atoms with van der Waals surface area (Å²) in [5.74, 6) is 0.709. The molecule has 17 heavy (non-hydrogen) atoms. The second kappa shape index (κ2) is 5.95.